The summed E-state index contributed by atoms with van der Waals surface area (Å²) in [6.07, 6.45) is 9.41. The van der Waals surface area contributed by atoms with Gasteiger partial charge in [-0.3, -0.25) is 5.43 Å². The van der Waals surface area contributed by atoms with Crippen LogP contribution >= 0.6 is 23.4 Å². The van der Waals surface area contributed by atoms with E-state index in [1.165, 1.54) is 32.1 Å². The van der Waals surface area contributed by atoms with Gasteiger partial charge in [0.05, 0.1) is 11.8 Å². The molecule has 6 heteroatoms. The zero-order valence-electron chi connectivity index (χ0n) is 10.2. The molecule has 0 atom stereocenters. The molecule has 4 nitrogen and oxygen atoms in total. The van der Waals surface area contributed by atoms with Crippen LogP contribution in [-0.4, -0.2) is 16.4 Å². The van der Waals surface area contributed by atoms with Crippen LogP contribution in [-0.2, 0) is 0 Å². The van der Waals surface area contributed by atoms with E-state index in [1.54, 1.807) is 6.08 Å². The molecule has 0 aromatic rings. The number of rotatable bonds is 8. The van der Waals surface area contributed by atoms with Crippen molar-refractivity contribution < 1.29 is 0 Å². The first-order chi connectivity index (χ1) is 8.22. The van der Waals surface area contributed by atoms with Crippen molar-refractivity contribution >= 4 is 28.5 Å². The highest BCUT2D eigenvalue weighted by Crippen LogP contribution is 2.07. The first-order valence-corrected chi connectivity index (χ1v) is 6.86. The minimum Gasteiger partial charge on any atom is -0.370 e. The molecule has 2 N–H and O–H groups in total. The van der Waals surface area contributed by atoms with Crippen LogP contribution < -0.4 is 10.7 Å². The molecule has 98 valence electrons. The summed E-state index contributed by atoms with van der Waals surface area (Å²) >= 11 is 11.4. The van der Waals surface area contributed by atoms with Gasteiger partial charge in [0.25, 0.3) is 0 Å². The van der Waals surface area contributed by atoms with Crippen molar-refractivity contribution in [1.82, 2.24) is 15.4 Å². The summed E-state index contributed by atoms with van der Waals surface area (Å²) in [7, 11) is 0. The Morgan fingerprint density at radius 3 is 2.71 bits per heavy atom. The predicted octanol–water partition coefficient (Wildman–Crippen LogP) is 3.30. The fraction of sp³-hybridized carbons (Fsp3) is 0.727. The number of hydrogen-bond acceptors (Lipinski definition) is 4. The molecule has 0 saturated heterocycles. The number of halogens is 2. The number of nitrogens with zero attached hydrogens (tertiary/aromatic N) is 2. The van der Waals surface area contributed by atoms with Crippen molar-refractivity contribution in [3.63, 3.8) is 0 Å². The molecule has 0 aromatic heterocycles. The van der Waals surface area contributed by atoms with E-state index in [1.807, 2.05) is 0 Å². The van der Waals surface area contributed by atoms with E-state index < -0.39 is 0 Å². The van der Waals surface area contributed by atoms with Gasteiger partial charge in [0.1, 0.15) is 5.82 Å². The Morgan fingerprint density at radius 2 is 2.00 bits per heavy atom. The van der Waals surface area contributed by atoms with Crippen molar-refractivity contribution in [3.05, 3.63) is 11.9 Å². The Balaban J connectivity index is 2.05. The average molecular weight is 279 g/mol. The molecule has 1 aliphatic heterocycles. The lowest BCUT2D eigenvalue weighted by molar-refractivity contribution is 0.375. The molecule has 0 aliphatic carbocycles. The molecule has 0 radical (unpaired) electrons. The lowest BCUT2D eigenvalue weighted by atomic mass is 10.1. The van der Waals surface area contributed by atoms with Gasteiger partial charge in [0.2, 0.25) is 0 Å². The third kappa shape index (κ3) is 6.64. The van der Waals surface area contributed by atoms with Crippen molar-refractivity contribution in [3.8, 4) is 0 Å². The molecule has 0 amide bonds. The van der Waals surface area contributed by atoms with Crippen LogP contribution in [0.15, 0.2) is 17.0 Å². The molecular formula is C11H20Cl2N4. The third-order valence-electron chi connectivity index (χ3n) is 2.51. The van der Waals surface area contributed by atoms with Gasteiger partial charge in [-0.15, -0.1) is 9.74 Å². The maximum absolute atomic E-state index is 5.77. The summed E-state index contributed by atoms with van der Waals surface area (Å²) < 4.78 is 1.08. The highest BCUT2D eigenvalue weighted by atomic mass is 35.5. The van der Waals surface area contributed by atoms with Gasteiger partial charge >= 0.3 is 0 Å². The standard InChI is InChI=1S/C11H20Cl2N4/c1-2-3-4-5-6-7-8-14-11-9-10(12)15-17(13)16-11/h9,14,16H,2-8H2,1H3. The van der Waals surface area contributed by atoms with Crippen molar-refractivity contribution in [2.24, 2.45) is 5.10 Å². The fourth-order valence-electron chi connectivity index (χ4n) is 1.61. The molecular weight excluding hydrogens is 259 g/mol. The molecule has 0 bridgehead atoms. The molecule has 0 fully saturated rings. The molecule has 1 aliphatic rings. The Kier molecular flexibility index (Phi) is 7.21. The fourth-order valence-corrected chi connectivity index (χ4v) is 2.00. The van der Waals surface area contributed by atoms with E-state index in [-0.39, 0.29) is 0 Å². The molecule has 1 heterocycles. The summed E-state index contributed by atoms with van der Waals surface area (Å²) in [5.41, 5.74) is 2.83. The monoisotopic (exact) mass is 278 g/mol. The van der Waals surface area contributed by atoms with Crippen LogP contribution in [0.25, 0.3) is 0 Å². The van der Waals surface area contributed by atoms with E-state index in [9.17, 15) is 0 Å². The van der Waals surface area contributed by atoms with Gasteiger partial charge in [-0.05, 0) is 6.42 Å². The zero-order valence-corrected chi connectivity index (χ0v) is 11.7. The third-order valence-corrected chi connectivity index (χ3v) is 2.85. The predicted molar refractivity (Wildman–Crippen MR) is 73.6 cm³/mol. The summed E-state index contributed by atoms with van der Waals surface area (Å²) in [6.45, 7) is 3.14. The normalized spacial score (nSPS) is 15.1. The topological polar surface area (TPSA) is 39.7 Å². The summed E-state index contributed by atoms with van der Waals surface area (Å²) in [4.78, 5) is 0. The molecule has 0 aromatic carbocycles. The van der Waals surface area contributed by atoms with E-state index in [4.69, 9.17) is 23.4 Å². The Bertz CT molecular complexity index is 279. The van der Waals surface area contributed by atoms with Crippen LogP contribution in [0.5, 0.6) is 0 Å². The van der Waals surface area contributed by atoms with E-state index in [2.05, 4.69) is 22.8 Å². The van der Waals surface area contributed by atoms with Gasteiger partial charge in [-0.1, -0.05) is 50.6 Å². The van der Waals surface area contributed by atoms with Gasteiger partial charge in [0, 0.05) is 12.6 Å². The number of allylic oxidation sites excluding steroid dienone is 1. The Labute approximate surface area is 113 Å². The van der Waals surface area contributed by atoms with Crippen LogP contribution in [0.3, 0.4) is 0 Å². The first kappa shape index (κ1) is 14.5. The zero-order chi connectivity index (χ0) is 12.5. The second-order valence-electron chi connectivity index (χ2n) is 4.05. The highest BCUT2D eigenvalue weighted by molar-refractivity contribution is 6.68. The van der Waals surface area contributed by atoms with Gasteiger partial charge < -0.3 is 5.32 Å². The van der Waals surface area contributed by atoms with E-state index >= 15 is 0 Å². The summed E-state index contributed by atoms with van der Waals surface area (Å²) in [6, 6.07) is 0. The summed E-state index contributed by atoms with van der Waals surface area (Å²) in [5.74, 6) is 0.786. The van der Waals surface area contributed by atoms with E-state index in [0.29, 0.717) is 5.17 Å². The van der Waals surface area contributed by atoms with Crippen molar-refractivity contribution in [1.29, 1.82) is 0 Å². The Hall–Kier alpha value is -0.610. The minimum atomic E-state index is 0.365. The van der Waals surface area contributed by atoms with Gasteiger partial charge in [-0.25, -0.2) is 0 Å². The summed E-state index contributed by atoms with van der Waals surface area (Å²) in [5, 5.41) is 7.36. The molecule has 0 spiro atoms. The van der Waals surface area contributed by atoms with Crippen LogP contribution in [0.4, 0.5) is 0 Å². The lowest BCUT2D eigenvalue weighted by Crippen LogP contribution is -2.36. The van der Waals surface area contributed by atoms with Crippen LogP contribution in [0.2, 0.25) is 0 Å². The maximum Gasteiger partial charge on any atom is 0.156 e. The highest BCUT2D eigenvalue weighted by Gasteiger charge is 2.08. The molecule has 0 unspecified atom stereocenters. The minimum absolute atomic E-state index is 0.365. The number of hydrazone groups is 1. The molecule has 17 heavy (non-hydrogen) atoms. The molecule has 1 rings (SSSR count). The SMILES string of the molecule is CCCCCCCCNC1=CC(Cl)=NN(Cl)N1. The van der Waals surface area contributed by atoms with Crippen LogP contribution in [0, 0.1) is 0 Å². The molecule has 0 saturated carbocycles. The van der Waals surface area contributed by atoms with Gasteiger partial charge in [0.15, 0.2) is 5.17 Å². The van der Waals surface area contributed by atoms with Crippen LogP contribution in [0.1, 0.15) is 45.4 Å². The Morgan fingerprint density at radius 1 is 1.29 bits per heavy atom. The number of hydrazine groups is 1. The largest absolute Gasteiger partial charge is 0.370 e. The maximum atomic E-state index is 5.77. The number of nitrogens with one attached hydrogen (secondary N) is 2. The second-order valence-corrected chi connectivity index (χ2v) is 4.75. The van der Waals surface area contributed by atoms with Crippen molar-refractivity contribution in [2.75, 3.05) is 6.54 Å². The number of hydrogen-bond donors (Lipinski definition) is 2. The van der Waals surface area contributed by atoms with E-state index in [0.717, 1.165) is 23.4 Å². The lowest BCUT2D eigenvalue weighted by Gasteiger charge is -2.20. The second kappa shape index (κ2) is 8.48. The smallest absolute Gasteiger partial charge is 0.156 e. The van der Waals surface area contributed by atoms with Crippen molar-refractivity contribution in [2.45, 2.75) is 45.4 Å². The number of unbranched alkanes of at least 4 members (excludes halogenated alkanes) is 5. The van der Waals surface area contributed by atoms with Gasteiger partial charge in [-0.2, -0.15) is 0 Å². The average Bonchev–Trinajstić information content (AvgIpc) is 2.26. The quantitative estimate of drug-likeness (QED) is 0.529. The first-order valence-electron chi connectivity index (χ1n) is 6.14.